The molecule has 1 unspecified atom stereocenters. The van der Waals surface area contributed by atoms with Crippen LogP contribution in [0.3, 0.4) is 0 Å². The van der Waals surface area contributed by atoms with Crippen molar-refractivity contribution in [2.24, 2.45) is 0 Å². The van der Waals surface area contributed by atoms with Gasteiger partial charge in [-0.15, -0.1) is 0 Å². The minimum atomic E-state index is 0.0458. The minimum absolute atomic E-state index is 0.0458. The number of rotatable bonds is 3. The third-order valence-corrected chi connectivity index (χ3v) is 3.83. The van der Waals surface area contributed by atoms with Crippen LogP contribution >= 0.6 is 0 Å². The number of benzene rings is 2. The maximum Gasteiger partial charge on any atom is 0.106 e. The molecule has 0 saturated carbocycles. The topological polar surface area (TPSA) is 12.5 Å². The maximum atomic E-state index is 5.30. The van der Waals surface area contributed by atoms with Gasteiger partial charge in [-0.3, -0.25) is 0 Å². The van der Waals surface area contributed by atoms with Crippen molar-refractivity contribution in [2.45, 2.75) is 25.4 Å². The molecule has 1 atom stereocenters. The molecular weight excluding hydrogens is 220 g/mol. The van der Waals surface area contributed by atoms with Crippen molar-refractivity contribution in [2.75, 3.05) is 6.61 Å². The monoisotopic (exact) mass is 238 g/mol. The summed E-state index contributed by atoms with van der Waals surface area (Å²) in [6.45, 7) is 5.41. The molecule has 1 aliphatic rings. The molecule has 2 aromatic carbocycles. The highest BCUT2D eigenvalue weighted by Gasteiger charge is 2.26. The molecule has 1 saturated heterocycles. The average Bonchev–Trinajstić information content (AvgIpc) is 3.24. The molecule has 1 nitrogen and oxygen atoms in total. The average molecular weight is 238 g/mol. The van der Waals surface area contributed by atoms with Gasteiger partial charge in [-0.05, 0) is 16.7 Å². The molecule has 0 aromatic heterocycles. The van der Waals surface area contributed by atoms with Gasteiger partial charge in [0.2, 0.25) is 0 Å². The Morgan fingerprint density at radius 2 is 1.44 bits per heavy atom. The number of ether oxygens (including phenoxy) is 1. The Balaban J connectivity index is 1.92. The molecule has 0 amide bonds. The molecular formula is C17H18O. The van der Waals surface area contributed by atoms with Crippen molar-refractivity contribution in [1.29, 1.82) is 0 Å². The summed E-state index contributed by atoms with van der Waals surface area (Å²) < 4.78 is 5.30. The lowest BCUT2D eigenvalue weighted by Crippen LogP contribution is -2.18. The highest BCUT2D eigenvalue weighted by Crippen LogP contribution is 2.34. The Labute approximate surface area is 108 Å². The Morgan fingerprint density at radius 3 is 2.00 bits per heavy atom. The van der Waals surface area contributed by atoms with E-state index >= 15 is 0 Å². The summed E-state index contributed by atoms with van der Waals surface area (Å²) in [6, 6.07) is 19.5. The zero-order chi connectivity index (χ0) is 12.6. The van der Waals surface area contributed by atoms with Crippen LogP contribution in [0.2, 0.25) is 0 Å². The number of hydrogen-bond acceptors (Lipinski definition) is 1. The van der Waals surface area contributed by atoms with E-state index in [0.717, 1.165) is 6.61 Å². The van der Waals surface area contributed by atoms with E-state index in [4.69, 9.17) is 4.74 Å². The fraction of sp³-hybridized carbons (Fsp3) is 0.294. The van der Waals surface area contributed by atoms with Gasteiger partial charge in [0.05, 0.1) is 6.61 Å². The summed E-state index contributed by atoms with van der Waals surface area (Å²) in [7, 11) is 0. The molecule has 18 heavy (non-hydrogen) atoms. The normalized spacial score (nSPS) is 18.7. The molecule has 92 valence electrons. The van der Waals surface area contributed by atoms with E-state index in [1.165, 1.54) is 16.7 Å². The van der Waals surface area contributed by atoms with Crippen LogP contribution in [0.15, 0.2) is 54.6 Å². The highest BCUT2D eigenvalue weighted by atomic mass is 16.6. The van der Waals surface area contributed by atoms with E-state index in [9.17, 15) is 0 Å². The summed E-state index contributed by atoms with van der Waals surface area (Å²) in [5, 5.41) is 0. The van der Waals surface area contributed by atoms with Crippen LogP contribution in [0.1, 0.15) is 36.6 Å². The molecule has 3 rings (SSSR count). The predicted molar refractivity (Wildman–Crippen MR) is 73.7 cm³/mol. The van der Waals surface area contributed by atoms with Crippen LogP contribution in [-0.2, 0) is 10.2 Å². The van der Waals surface area contributed by atoms with E-state index in [0.29, 0.717) is 6.10 Å². The molecule has 1 heterocycles. The van der Waals surface area contributed by atoms with Crippen LogP contribution in [0.4, 0.5) is 0 Å². The van der Waals surface area contributed by atoms with Gasteiger partial charge in [-0.2, -0.15) is 0 Å². The predicted octanol–water partition coefficient (Wildman–Crippen LogP) is 4.08. The molecule has 0 N–H and O–H groups in total. The first-order valence-electron chi connectivity index (χ1n) is 6.45. The van der Waals surface area contributed by atoms with Crippen LogP contribution in [0.5, 0.6) is 0 Å². The number of epoxide rings is 1. The van der Waals surface area contributed by atoms with Gasteiger partial charge < -0.3 is 4.74 Å². The van der Waals surface area contributed by atoms with Gasteiger partial charge in [0.15, 0.2) is 0 Å². The van der Waals surface area contributed by atoms with Gasteiger partial charge in [0.1, 0.15) is 6.10 Å². The SMILES string of the molecule is CC(C)(c1ccccc1)c1ccc(C2CO2)cc1. The lowest BCUT2D eigenvalue weighted by Gasteiger charge is -2.26. The van der Waals surface area contributed by atoms with Crippen molar-refractivity contribution in [1.82, 2.24) is 0 Å². The molecule has 0 spiro atoms. The fourth-order valence-electron chi connectivity index (χ4n) is 2.38. The lowest BCUT2D eigenvalue weighted by atomic mass is 9.78. The van der Waals surface area contributed by atoms with Crippen molar-refractivity contribution in [3.8, 4) is 0 Å². The molecule has 0 aliphatic carbocycles. The van der Waals surface area contributed by atoms with Crippen molar-refractivity contribution in [3.63, 3.8) is 0 Å². The summed E-state index contributed by atoms with van der Waals surface area (Å²) >= 11 is 0. The Hall–Kier alpha value is -1.60. The summed E-state index contributed by atoms with van der Waals surface area (Å²) in [5.41, 5.74) is 4.03. The van der Waals surface area contributed by atoms with Crippen LogP contribution in [0, 0.1) is 0 Å². The highest BCUT2D eigenvalue weighted by molar-refractivity contribution is 5.39. The minimum Gasteiger partial charge on any atom is -0.368 e. The summed E-state index contributed by atoms with van der Waals surface area (Å²) in [6.07, 6.45) is 0.346. The van der Waals surface area contributed by atoms with Crippen molar-refractivity contribution >= 4 is 0 Å². The van der Waals surface area contributed by atoms with Gasteiger partial charge in [-0.1, -0.05) is 68.4 Å². The fourth-order valence-corrected chi connectivity index (χ4v) is 2.38. The van der Waals surface area contributed by atoms with Gasteiger partial charge in [0.25, 0.3) is 0 Å². The van der Waals surface area contributed by atoms with Gasteiger partial charge in [0, 0.05) is 5.41 Å². The zero-order valence-corrected chi connectivity index (χ0v) is 10.9. The van der Waals surface area contributed by atoms with Crippen LogP contribution in [0.25, 0.3) is 0 Å². The van der Waals surface area contributed by atoms with E-state index in [-0.39, 0.29) is 5.41 Å². The van der Waals surface area contributed by atoms with E-state index in [1.54, 1.807) is 0 Å². The molecule has 1 heteroatoms. The lowest BCUT2D eigenvalue weighted by molar-refractivity contribution is 0.415. The Bertz CT molecular complexity index is 521. The Kier molecular flexibility index (Phi) is 2.71. The standard InChI is InChI=1S/C17H18O/c1-17(2,14-6-4-3-5-7-14)15-10-8-13(9-11-15)16-12-18-16/h3-11,16H,12H2,1-2H3. The molecule has 1 fully saturated rings. The molecule has 1 aliphatic heterocycles. The third kappa shape index (κ3) is 2.06. The number of hydrogen-bond donors (Lipinski definition) is 0. The molecule has 0 bridgehead atoms. The maximum absolute atomic E-state index is 5.30. The van der Waals surface area contributed by atoms with E-state index < -0.39 is 0 Å². The first kappa shape index (κ1) is 11.5. The van der Waals surface area contributed by atoms with Crippen LogP contribution < -0.4 is 0 Å². The van der Waals surface area contributed by atoms with E-state index in [1.807, 2.05) is 0 Å². The molecule has 0 radical (unpaired) electrons. The van der Waals surface area contributed by atoms with Gasteiger partial charge >= 0.3 is 0 Å². The second-order valence-electron chi connectivity index (χ2n) is 5.44. The third-order valence-electron chi connectivity index (χ3n) is 3.83. The second-order valence-corrected chi connectivity index (χ2v) is 5.44. The molecule has 2 aromatic rings. The Morgan fingerprint density at radius 1 is 0.889 bits per heavy atom. The smallest absolute Gasteiger partial charge is 0.106 e. The quantitative estimate of drug-likeness (QED) is 0.734. The van der Waals surface area contributed by atoms with Gasteiger partial charge in [-0.25, -0.2) is 0 Å². The van der Waals surface area contributed by atoms with Crippen LogP contribution in [-0.4, -0.2) is 6.61 Å². The van der Waals surface area contributed by atoms with E-state index in [2.05, 4.69) is 68.4 Å². The largest absolute Gasteiger partial charge is 0.368 e. The summed E-state index contributed by atoms with van der Waals surface area (Å²) in [4.78, 5) is 0. The summed E-state index contributed by atoms with van der Waals surface area (Å²) in [5.74, 6) is 0. The first-order chi connectivity index (χ1) is 8.68. The second kappa shape index (κ2) is 4.25. The van der Waals surface area contributed by atoms with Crippen molar-refractivity contribution < 1.29 is 4.74 Å². The van der Waals surface area contributed by atoms with Crippen molar-refractivity contribution in [3.05, 3.63) is 71.3 Å². The zero-order valence-electron chi connectivity index (χ0n) is 10.9. The first-order valence-corrected chi connectivity index (χ1v) is 6.45.